The third-order valence-electron chi connectivity index (χ3n) is 10.0. The van der Waals surface area contributed by atoms with Crippen molar-refractivity contribution in [3.63, 3.8) is 0 Å². The van der Waals surface area contributed by atoms with Crippen molar-refractivity contribution in [2.45, 2.75) is 65.2 Å². The number of hydrogen-bond donors (Lipinski definition) is 0. The van der Waals surface area contributed by atoms with Gasteiger partial charge in [-0.25, -0.2) is 14.4 Å². The molecule has 1 atom stereocenters. The molecular weight excluding hydrogens is 821 g/mol. The monoisotopic (exact) mass is 863 g/mol. The van der Waals surface area contributed by atoms with Crippen LogP contribution in [0.15, 0.2) is 115 Å². The van der Waals surface area contributed by atoms with Crippen molar-refractivity contribution in [3.8, 4) is 22.6 Å². The molecule has 0 aromatic heterocycles. The Morgan fingerprint density at radius 1 is 0.597 bits per heavy atom. The summed E-state index contributed by atoms with van der Waals surface area (Å²) in [5, 5.41) is 0. The Morgan fingerprint density at radius 2 is 1.03 bits per heavy atom. The van der Waals surface area contributed by atoms with Crippen LogP contribution in [0.25, 0.3) is 11.1 Å². The van der Waals surface area contributed by atoms with Crippen LogP contribution in [-0.4, -0.2) is 37.1 Å². The van der Waals surface area contributed by atoms with E-state index in [-0.39, 0.29) is 59.8 Å². The van der Waals surface area contributed by atoms with E-state index >= 15 is 0 Å². The summed E-state index contributed by atoms with van der Waals surface area (Å²) in [5.74, 6) is -5.63. The van der Waals surface area contributed by atoms with E-state index in [0.29, 0.717) is 23.3 Å². The number of alkyl halides is 6. The van der Waals surface area contributed by atoms with Crippen LogP contribution in [-0.2, 0) is 46.4 Å². The summed E-state index contributed by atoms with van der Waals surface area (Å²) in [4.78, 5) is 51.1. The van der Waals surface area contributed by atoms with Gasteiger partial charge in [0.05, 0.1) is 19.1 Å². The molecule has 1 aliphatic carbocycles. The molecule has 0 N–H and O–H groups in total. The highest BCUT2D eigenvalue weighted by Crippen LogP contribution is 2.55. The summed E-state index contributed by atoms with van der Waals surface area (Å²) < 4.78 is 110. The molecule has 1 aliphatic rings. The molecule has 0 saturated heterocycles. The van der Waals surface area contributed by atoms with Crippen molar-refractivity contribution in [1.29, 1.82) is 0 Å². The molecule has 62 heavy (non-hydrogen) atoms. The molecule has 9 nitrogen and oxygen atoms in total. The highest BCUT2D eigenvalue weighted by Gasteiger charge is 2.44. The lowest BCUT2D eigenvalue weighted by atomic mass is 9.73. The normalized spacial score (nSPS) is 14.3. The average Bonchev–Trinajstić information content (AvgIpc) is 3.46. The lowest BCUT2D eigenvalue weighted by Gasteiger charge is -2.34. The Labute approximate surface area is 354 Å². The predicted octanol–water partition coefficient (Wildman–Crippen LogP) is 11.5. The Morgan fingerprint density at radius 3 is 1.50 bits per heavy atom. The van der Waals surface area contributed by atoms with E-state index in [1.54, 1.807) is 38.1 Å². The number of ether oxygens (including phenoxy) is 4. The van der Waals surface area contributed by atoms with E-state index < -0.39 is 70.2 Å². The molecule has 0 radical (unpaired) electrons. The number of rotatable bonds is 15. The average molecular weight is 864 g/mol. The van der Waals surface area contributed by atoms with E-state index in [2.05, 4.69) is 19.7 Å². The number of esters is 4. The van der Waals surface area contributed by atoms with Gasteiger partial charge >= 0.3 is 36.2 Å². The summed E-state index contributed by atoms with van der Waals surface area (Å²) >= 11 is 0. The van der Waals surface area contributed by atoms with E-state index in [9.17, 15) is 45.5 Å². The first-order valence-electron chi connectivity index (χ1n) is 19.2. The van der Waals surface area contributed by atoms with Crippen LogP contribution in [0.1, 0.15) is 69.7 Å². The molecule has 0 aliphatic heterocycles. The second-order valence-electron chi connectivity index (χ2n) is 15.1. The van der Waals surface area contributed by atoms with Gasteiger partial charge in [0.1, 0.15) is 22.6 Å². The molecule has 4 aromatic carbocycles. The Balaban J connectivity index is 1.80. The van der Waals surface area contributed by atoms with Crippen molar-refractivity contribution < 1.29 is 64.5 Å². The van der Waals surface area contributed by atoms with Crippen molar-refractivity contribution in [2.24, 2.45) is 5.92 Å². The zero-order valence-corrected chi connectivity index (χ0v) is 34.5. The quantitative estimate of drug-likeness (QED) is 0.0499. The fourth-order valence-electron chi connectivity index (χ4n) is 6.94. The zero-order chi connectivity index (χ0) is 45.9. The zero-order valence-electron chi connectivity index (χ0n) is 34.5. The SMILES string of the molecule is C=C(C)C(=O)OCCC1(CCOC(=O)C(C)C)c2ccccc2-c2ccc(N(c3ccc(OC(=O)C(=C)C)c(C(F)(F)F)c3)c3ccc(OC(=O)C(=C)C)c(C(F)(F)F)c3)cc21. The molecule has 4 aromatic rings. The maximum Gasteiger partial charge on any atom is 0.420 e. The third kappa shape index (κ3) is 9.93. The number of benzene rings is 4. The third-order valence-corrected chi connectivity index (χ3v) is 10.0. The van der Waals surface area contributed by atoms with Gasteiger partial charge in [-0.05, 0) is 104 Å². The van der Waals surface area contributed by atoms with Gasteiger partial charge in [-0.1, -0.05) is 63.9 Å². The Bertz CT molecular complexity index is 2380. The number of anilines is 3. The second-order valence-corrected chi connectivity index (χ2v) is 15.1. The van der Waals surface area contributed by atoms with Gasteiger partial charge in [0, 0.05) is 39.2 Å². The van der Waals surface area contributed by atoms with Crippen molar-refractivity contribution >= 4 is 40.9 Å². The number of carbonyl (C=O) groups excluding carboxylic acids is 4. The Hall–Kier alpha value is -6.64. The number of carbonyl (C=O) groups is 4. The first-order valence-corrected chi connectivity index (χ1v) is 19.2. The van der Waals surface area contributed by atoms with Crippen LogP contribution in [0.3, 0.4) is 0 Å². The van der Waals surface area contributed by atoms with Gasteiger partial charge < -0.3 is 23.8 Å². The topological polar surface area (TPSA) is 108 Å². The number of halogens is 6. The van der Waals surface area contributed by atoms with Gasteiger partial charge in [-0.2, -0.15) is 26.3 Å². The van der Waals surface area contributed by atoms with Crippen LogP contribution in [0.5, 0.6) is 11.5 Å². The molecule has 0 fully saturated rings. The first-order chi connectivity index (χ1) is 29.0. The minimum absolute atomic E-state index is 0.0682. The van der Waals surface area contributed by atoms with Gasteiger partial charge in [0.2, 0.25) is 0 Å². The van der Waals surface area contributed by atoms with E-state index in [4.69, 9.17) is 18.9 Å². The summed E-state index contributed by atoms with van der Waals surface area (Å²) in [6.45, 7) is 17.5. The lowest BCUT2D eigenvalue weighted by Crippen LogP contribution is -2.30. The molecule has 0 heterocycles. The minimum Gasteiger partial charge on any atom is -0.465 e. The minimum atomic E-state index is -5.13. The molecule has 15 heteroatoms. The molecule has 1 unspecified atom stereocenters. The highest BCUT2D eigenvalue weighted by atomic mass is 19.4. The number of nitrogens with zero attached hydrogens (tertiary/aromatic N) is 1. The molecule has 0 bridgehead atoms. The maximum absolute atomic E-state index is 14.8. The van der Waals surface area contributed by atoms with Gasteiger partial charge in [-0.3, -0.25) is 4.79 Å². The van der Waals surface area contributed by atoms with Crippen molar-refractivity contribution in [1.82, 2.24) is 0 Å². The molecule has 5 rings (SSSR count). The summed E-state index contributed by atoms with van der Waals surface area (Å²) in [6, 6.07) is 17.3. The van der Waals surface area contributed by atoms with E-state index in [1.807, 2.05) is 12.1 Å². The smallest absolute Gasteiger partial charge is 0.420 e. The predicted molar refractivity (Wildman–Crippen MR) is 219 cm³/mol. The fraction of sp³-hybridized carbons (Fsp3) is 0.277. The van der Waals surface area contributed by atoms with Crippen LogP contribution in [0.4, 0.5) is 43.4 Å². The van der Waals surface area contributed by atoms with Gasteiger partial charge in [0.25, 0.3) is 0 Å². The molecular formula is C47H43F6NO8. The van der Waals surface area contributed by atoms with Crippen molar-refractivity contribution in [3.05, 3.63) is 138 Å². The standard InChI is InChI=1S/C47H43F6NO8/c1-26(2)41(55)59-21-19-45(20-22-60-42(56)27(3)4)35-12-10-9-11-33(35)34-16-13-30(23-36(34)45)54(31-14-17-39(61-43(57)28(5)6)37(24-31)46(48,49)50)32-15-18-40(62-44(58)29(7)8)38(25-32)47(51,52)53/h9-18,23-25,27H,1,5,7,19-22H2,2-4,6,8H3. The highest BCUT2D eigenvalue weighted by molar-refractivity contribution is 5.91. The van der Waals surface area contributed by atoms with Crippen LogP contribution in [0.2, 0.25) is 0 Å². The summed E-state index contributed by atoms with van der Waals surface area (Å²) in [5.41, 5.74) is -2.03. The van der Waals surface area contributed by atoms with Gasteiger partial charge in [-0.15, -0.1) is 0 Å². The van der Waals surface area contributed by atoms with Crippen LogP contribution in [0, 0.1) is 5.92 Å². The van der Waals surface area contributed by atoms with Crippen LogP contribution >= 0.6 is 0 Å². The largest absolute Gasteiger partial charge is 0.465 e. The fourth-order valence-corrected chi connectivity index (χ4v) is 6.94. The molecule has 326 valence electrons. The van der Waals surface area contributed by atoms with Crippen LogP contribution < -0.4 is 14.4 Å². The summed E-state index contributed by atoms with van der Waals surface area (Å²) in [7, 11) is 0. The first kappa shape index (κ1) is 46.4. The molecule has 0 spiro atoms. The van der Waals surface area contributed by atoms with E-state index in [1.165, 1.54) is 26.8 Å². The number of fused-ring (bicyclic) bond motifs is 3. The second kappa shape index (κ2) is 18.1. The molecule has 0 saturated carbocycles. The molecule has 0 amide bonds. The van der Waals surface area contributed by atoms with Crippen molar-refractivity contribution in [2.75, 3.05) is 18.1 Å². The Kier molecular flexibility index (Phi) is 13.6. The van der Waals surface area contributed by atoms with E-state index in [0.717, 1.165) is 40.3 Å². The summed E-state index contributed by atoms with van der Waals surface area (Å²) in [6.07, 6.45) is -10.0. The number of hydrogen-bond acceptors (Lipinski definition) is 9. The maximum atomic E-state index is 14.8. The van der Waals surface area contributed by atoms with Gasteiger partial charge in [0.15, 0.2) is 0 Å². The lowest BCUT2D eigenvalue weighted by molar-refractivity contribution is -0.148.